The van der Waals surface area contributed by atoms with Crippen LogP contribution < -0.4 is 5.73 Å². The third-order valence-corrected chi connectivity index (χ3v) is 2.20. The Morgan fingerprint density at radius 1 is 1.45 bits per heavy atom. The van der Waals surface area contributed by atoms with Crippen LogP contribution >= 0.6 is 11.5 Å². The number of hydrogen-bond donors (Lipinski definition) is 1. The Labute approximate surface area is 70.8 Å². The first-order valence-corrected chi connectivity index (χ1v) is 4.35. The predicted molar refractivity (Wildman–Crippen MR) is 46.5 cm³/mol. The van der Waals surface area contributed by atoms with E-state index < -0.39 is 0 Å². The van der Waals surface area contributed by atoms with Crippen LogP contribution in [-0.4, -0.2) is 9.59 Å². The van der Waals surface area contributed by atoms with Crippen molar-refractivity contribution >= 4 is 11.5 Å². The third kappa shape index (κ3) is 1.75. The average Bonchev–Trinajstić information content (AvgIpc) is 2.31. The first kappa shape index (κ1) is 8.62. The van der Waals surface area contributed by atoms with Crippen LogP contribution in [-0.2, 0) is 12.0 Å². The minimum absolute atomic E-state index is 0.0711. The summed E-state index contributed by atoms with van der Waals surface area (Å²) in [5, 5.41) is 4.05. The van der Waals surface area contributed by atoms with Gasteiger partial charge in [0, 0.05) is 12.0 Å². The highest BCUT2D eigenvalue weighted by Gasteiger charge is 2.20. The number of hydrogen-bond acceptors (Lipinski definition) is 4. The summed E-state index contributed by atoms with van der Waals surface area (Å²) in [4.78, 5) is 1.09. The molecule has 0 bridgehead atoms. The van der Waals surface area contributed by atoms with Crippen molar-refractivity contribution in [1.29, 1.82) is 0 Å². The molecule has 4 heteroatoms. The van der Waals surface area contributed by atoms with E-state index in [4.69, 9.17) is 5.73 Å². The van der Waals surface area contributed by atoms with E-state index in [0.29, 0.717) is 6.54 Å². The minimum atomic E-state index is 0.0711. The Morgan fingerprint density at radius 2 is 2.09 bits per heavy atom. The van der Waals surface area contributed by atoms with Gasteiger partial charge in [0.15, 0.2) is 0 Å². The quantitative estimate of drug-likeness (QED) is 0.692. The van der Waals surface area contributed by atoms with Gasteiger partial charge >= 0.3 is 0 Å². The summed E-state index contributed by atoms with van der Waals surface area (Å²) in [6, 6.07) is 0. The molecule has 1 heterocycles. The van der Waals surface area contributed by atoms with Crippen LogP contribution in [0.1, 0.15) is 31.3 Å². The standard InChI is InChI=1S/C7H13N3S/c1-7(2,3)6-5(4-8)11-10-9-6/h4,8H2,1-3H3. The van der Waals surface area contributed by atoms with Crippen molar-refractivity contribution in [2.45, 2.75) is 32.7 Å². The minimum Gasteiger partial charge on any atom is -0.326 e. The van der Waals surface area contributed by atoms with Crippen molar-refractivity contribution in [3.8, 4) is 0 Å². The molecule has 2 N–H and O–H groups in total. The van der Waals surface area contributed by atoms with Gasteiger partial charge in [-0.3, -0.25) is 0 Å². The van der Waals surface area contributed by atoms with E-state index in [2.05, 4.69) is 30.4 Å². The lowest BCUT2D eigenvalue weighted by atomic mass is 9.91. The summed E-state index contributed by atoms with van der Waals surface area (Å²) in [7, 11) is 0. The average molecular weight is 171 g/mol. The molecule has 0 radical (unpaired) electrons. The molecule has 0 aromatic carbocycles. The van der Waals surface area contributed by atoms with E-state index in [1.807, 2.05) is 0 Å². The molecule has 0 aliphatic heterocycles. The Hall–Kier alpha value is -0.480. The summed E-state index contributed by atoms with van der Waals surface area (Å²) in [6.07, 6.45) is 0. The van der Waals surface area contributed by atoms with Crippen LogP contribution in [0.25, 0.3) is 0 Å². The second-order valence-electron chi connectivity index (χ2n) is 3.50. The number of rotatable bonds is 1. The van der Waals surface area contributed by atoms with Crippen LogP contribution in [0.2, 0.25) is 0 Å². The lowest BCUT2D eigenvalue weighted by Crippen LogP contribution is -2.15. The largest absolute Gasteiger partial charge is 0.326 e. The molecule has 3 nitrogen and oxygen atoms in total. The Bertz CT molecular complexity index is 236. The highest BCUT2D eigenvalue weighted by atomic mass is 32.1. The molecule has 0 saturated heterocycles. The first-order chi connectivity index (χ1) is 5.05. The van der Waals surface area contributed by atoms with Gasteiger partial charge in [-0.05, 0) is 11.5 Å². The fraction of sp³-hybridized carbons (Fsp3) is 0.714. The Balaban J connectivity index is 3.02. The zero-order valence-electron chi connectivity index (χ0n) is 7.09. The van der Waals surface area contributed by atoms with Gasteiger partial charge in [-0.15, -0.1) is 5.10 Å². The van der Waals surface area contributed by atoms with Crippen LogP contribution in [0.4, 0.5) is 0 Å². The van der Waals surface area contributed by atoms with E-state index in [9.17, 15) is 0 Å². The zero-order chi connectivity index (χ0) is 8.48. The molecule has 62 valence electrons. The number of nitrogens with zero attached hydrogens (tertiary/aromatic N) is 2. The topological polar surface area (TPSA) is 51.8 Å². The first-order valence-electron chi connectivity index (χ1n) is 3.57. The second kappa shape index (κ2) is 2.87. The molecule has 0 aliphatic carbocycles. The van der Waals surface area contributed by atoms with Gasteiger partial charge in [-0.1, -0.05) is 25.3 Å². The molecular weight excluding hydrogens is 158 g/mol. The van der Waals surface area contributed by atoms with Crippen LogP contribution in [0.15, 0.2) is 0 Å². The molecule has 0 spiro atoms. The van der Waals surface area contributed by atoms with Crippen molar-refractivity contribution in [3.05, 3.63) is 10.6 Å². The fourth-order valence-electron chi connectivity index (χ4n) is 0.912. The van der Waals surface area contributed by atoms with E-state index in [-0.39, 0.29) is 5.41 Å². The SMILES string of the molecule is CC(C)(C)c1nnsc1CN. The van der Waals surface area contributed by atoms with Gasteiger partial charge in [0.1, 0.15) is 0 Å². The van der Waals surface area contributed by atoms with E-state index in [1.165, 1.54) is 11.5 Å². The molecular formula is C7H13N3S. The van der Waals surface area contributed by atoms with E-state index in [0.717, 1.165) is 10.6 Å². The molecule has 0 unspecified atom stereocenters. The third-order valence-electron chi connectivity index (χ3n) is 1.45. The molecule has 0 atom stereocenters. The molecule has 0 fully saturated rings. The Kier molecular flexibility index (Phi) is 2.25. The van der Waals surface area contributed by atoms with Gasteiger partial charge < -0.3 is 5.73 Å². The van der Waals surface area contributed by atoms with Crippen molar-refractivity contribution < 1.29 is 0 Å². The van der Waals surface area contributed by atoms with Crippen LogP contribution in [0.5, 0.6) is 0 Å². The van der Waals surface area contributed by atoms with Crippen LogP contribution in [0, 0.1) is 0 Å². The van der Waals surface area contributed by atoms with Crippen molar-refractivity contribution in [2.24, 2.45) is 5.73 Å². The van der Waals surface area contributed by atoms with E-state index >= 15 is 0 Å². The molecule has 1 aromatic heterocycles. The van der Waals surface area contributed by atoms with Crippen LogP contribution in [0.3, 0.4) is 0 Å². The van der Waals surface area contributed by atoms with Crippen molar-refractivity contribution in [1.82, 2.24) is 9.59 Å². The van der Waals surface area contributed by atoms with E-state index in [1.54, 1.807) is 0 Å². The fourth-order valence-corrected chi connectivity index (χ4v) is 1.64. The van der Waals surface area contributed by atoms with Gasteiger partial charge in [0.2, 0.25) is 0 Å². The highest BCUT2D eigenvalue weighted by molar-refractivity contribution is 7.05. The summed E-state index contributed by atoms with van der Waals surface area (Å²) in [5.74, 6) is 0. The second-order valence-corrected chi connectivity index (χ2v) is 4.34. The number of nitrogens with two attached hydrogens (primary N) is 1. The highest BCUT2D eigenvalue weighted by Crippen LogP contribution is 2.24. The van der Waals surface area contributed by atoms with Crippen molar-refractivity contribution in [2.75, 3.05) is 0 Å². The smallest absolute Gasteiger partial charge is 0.0853 e. The van der Waals surface area contributed by atoms with Gasteiger partial charge in [-0.25, -0.2) is 0 Å². The summed E-state index contributed by atoms with van der Waals surface area (Å²) in [5.41, 5.74) is 6.63. The van der Waals surface area contributed by atoms with Crippen molar-refractivity contribution in [3.63, 3.8) is 0 Å². The molecule has 1 rings (SSSR count). The lowest BCUT2D eigenvalue weighted by molar-refractivity contribution is 0.560. The maximum atomic E-state index is 5.52. The molecule has 0 saturated carbocycles. The molecule has 1 aromatic rings. The Morgan fingerprint density at radius 3 is 2.45 bits per heavy atom. The number of aromatic nitrogens is 2. The molecule has 0 amide bonds. The monoisotopic (exact) mass is 171 g/mol. The molecule has 0 aliphatic rings. The molecule has 11 heavy (non-hydrogen) atoms. The summed E-state index contributed by atoms with van der Waals surface area (Å²) < 4.78 is 3.87. The maximum absolute atomic E-state index is 5.52. The summed E-state index contributed by atoms with van der Waals surface area (Å²) >= 11 is 1.39. The maximum Gasteiger partial charge on any atom is 0.0853 e. The summed E-state index contributed by atoms with van der Waals surface area (Å²) in [6.45, 7) is 6.89. The van der Waals surface area contributed by atoms with Gasteiger partial charge in [0.05, 0.1) is 10.6 Å². The normalized spacial score (nSPS) is 12.0. The lowest BCUT2D eigenvalue weighted by Gasteiger charge is -2.15. The zero-order valence-corrected chi connectivity index (χ0v) is 7.90. The van der Waals surface area contributed by atoms with Gasteiger partial charge in [0.25, 0.3) is 0 Å². The predicted octanol–water partition coefficient (Wildman–Crippen LogP) is 1.29. The van der Waals surface area contributed by atoms with Gasteiger partial charge in [-0.2, -0.15) is 0 Å².